The van der Waals surface area contributed by atoms with Crippen LogP contribution in [0.2, 0.25) is 0 Å². The van der Waals surface area contributed by atoms with Gasteiger partial charge in [-0.25, -0.2) is 4.79 Å². The quantitative estimate of drug-likeness (QED) is 0.464. The molecule has 1 atom stereocenters. The van der Waals surface area contributed by atoms with E-state index in [1.807, 2.05) is 0 Å². The van der Waals surface area contributed by atoms with Crippen LogP contribution in [0.3, 0.4) is 0 Å². The number of aromatic nitrogens is 1. The molecule has 0 bridgehead atoms. The van der Waals surface area contributed by atoms with E-state index in [0.29, 0.717) is 0 Å². The van der Waals surface area contributed by atoms with Gasteiger partial charge in [0.1, 0.15) is 5.60 Å². The number of aliphatic imine (C=N–C) groups is 1. The summed E-state index contributed by atoms with van der Waals surface area (Å²) < 4.78 is 5.28. The molecule has 1 aromatic rings. The molecule has 1 heterocycles. The first-order valence-corrected chi connectivity index (χ1v) is 9.07. The molecule has 1 aliphatic carbocycles. The maximum Gasteiger partial charge on any atom is 0.424 e. The molecule has 0 aromatic carbocycles. The van der Waals surface area contributed by atoms with Gasteiger partial charge in [0.05, 0.1) is 12.2 Å². The third kappa shape index (κ3) is 5.03. The number of fused-ring (bicyclic) bond motifs is 1. The van der Waals surface area contributed by atoms with Crippen molar-refractivity contribution in [1.29, 1.82) is 0 Å². The number of nitrogens with two attached hydrogens (primary N) is 1. The summed E-state index contributed by atoms with van der Waals surface area (Å²) in [5, 5.41) is 9.61. The van der Waals surface area contributed by atoms with E-state index in [0.717, 1.165) is 41.8 Å². The highest BCUT2D eigenvalue weighted by Gasteiger charge is 2.32. The molecular weight excluding hydrogens is 348 g/mol. The third-order valence-corrected chi connectivity index (χ3v) is 4.34. The number of rotatable bonds is 2. The number of imide groups is 1. The van der Waals surface area contributed by atoms with Crippen molar-refractivity contribution < 1.29 is 19.4 Å². The molecular formula is C19H28N4O4. The lowest BCUT2D eigenvalue weighted by atomic mass is 9.98. The number of carbonyl (C=O) groups is 2. The van der Waals surface area contributed by atoms with Crippen LogP contribution in [0.4, 0.5) is 4.79 Å². The Bertz CT molecular complexity index is 740. The van der Waals surface area contributed by atoms with E-state index in [1.54, 1.807) is 26.8 Å². The number of amides is 2. The van der Waals surface area contributed by atoms with E-state index in [9.17, 15) is 14.7 Å². The molecule has 148 valence electrons. The van der Waals surface area contributed by atoms with Crippen molar-refractivity contribution in [2.24, 2.45) is 10.7 Å². The molecule has 27 heavy (non-hydrogen) atoms. The zero-order chi connectivity index (χ0) is 20.2. The Morgan fingerprint density at radius 1 is 1.41 bits per heavy atom. The third-order valence-electron chi connectivity index (χ3n) is 4.34. The normalized spacial score (nSPS) is 17.7. The van der Waals surface area contributed by atoms with Gasteiger partial charge in [0.25, 0.3) is 5.91 Å². The van der Waals surface area contributed by atoms with E-state index in [4.69, 9.17) is 10.5 Å². The number of aliphatic hydroxyl groups is 1. The van der Waals surface area contributed by atoms with Crippen molar-refractivity contribution in [1.82, 2.24) is 9.88 Å². The van der Waals surface area contributed by atoms with Gasteiger partial charge in [-0.2, -0.15) is 4.90 Å². The van der Waals surface area contributed by atoms with Crippen LogP contribution < -0.4 is 5.73 Å². The van der Waals surface area contributed by atoms with Gasteiger partial charge < -0.3 is 15.6 Å². The number of guanidine groups is 1. The maximum atomic E-state index is 13.0. The van der Waals surface area contributed by atoms with E-state index in [-0.39, 0.29) is 24.0 Å². The summed E-state index contributed by atoms with van der Waals surface area (Å²) in [6, 6.07) is 1.72. The molecule has 0 radical (unpaired) electrons. The van der Waals surface area contributed by atoms with Crippen molar-refractivity contribution in [2.45, 2.75) is 58.0 Å². The molecule has 0 spiro atoms. The highest BCUT2D eigenvalue weighted by Crippen LogP contribution is 2.29. The Morgan fingerprint density at radius 2 is 2.11 bits per heavy atom. The minimum absolute atomic E-state index is 0.0206. The van der Waals surface area contributed by atoms with Crippen molar-refractivity contribution in [3.05, 3.63) is 29.1 Å². The average Bonchev–Trinajstić information content (AvgIpc) is 2.81. The minimum atomic E-state index is -0.890. The van der Waals surface area contributed by atoms with Crippen LogP contribution in [0.1, 0.15) is 67.6 Å². The fourth-order valence-electron chi connectivity index (χ4n) is 3.04. The van der Waals surface area contributed by atoms with E-state index >= 15 is 0 Å². The van der Waals surface area contributed by atoms with Gasteiger partial charge in [-0.15, -0.1) is 0 Å². The monoisotopic (exact) mass is 376 g/mol. The second-order valence-electron chi connectivity index (χ2n) is 7.60. The Hall–Kier alpha value is -2.48. The Balaban J connectivity index is 2.38. The molecule has 0 saturated heterocycles. The Labute approximate surface area is 159 Å². The second-order valence-corrected chi connectivity index (χ2v) is 7.60. The summed E-state index contributed by atoms with van der Waals surface area (Å²) in [5.74, 6) is -0.930. The molecule has 2 amide bonds. The number of carbonyl (C=O) groups excluding carboxylic acids is 2. The number of ether oxygens (including phenoxy) is 1. The molecule has 2 rings (SSSR count). The van der Waals surface area contributed by atoms with E-state index in [2.05, 4.69) is 9.98 Å². The second kappa shape index (κ2) is 8.47. The van der Waals surface area contributed by atoms with Crippen LogP contribution in [0.5, 0.6) is 0 Å². The maximum absolute atomic E-state index is 13.0. The Morgan fingerprint density at radius 3 is 2.70 bits per heavy atom. The number of aryl methyl sites for hydroxylation is 1. The largest absolute Gasteiger partial charge is 0.443 e. The van der Waals surface area contributed by atoms with Crippen LogP contribution in [-0.2, 0) is 11.2 Å². The van der Waals surface area contributed by atoms with Crippen LogP contribution in [0, 0.1) is 0 Å². The lowest BCUT2D eigenvalue weighted by Gasteiger charge is -2.25. The topological polar surface area (TPSA) is 118 Å². The summed E-state index contributed by atoms with van der Waals surface area (Å²) >= 11 is 0. The van der Waals surface area contributed by atoms with E-state index in [1.165, 1.54) is 13.2 Å². The molecule has 1 aromatic heterocycles. The minimum Gasteiger partial charge on any atom is -0.443 e. The van der Waals surface area contributed by atoms with Gasteiger partial charge >= 0.3 is 6.09 Å². The first kappa shape index (κ1) is 20.8. The first-order valence-electron chi connectivity index (χ1n) is 9.07. The Kier molecular flexibility index (Phi) is 6.54. The molecule has 8 heteroatoms. The molecule has 0 aliphatic heterocycles. The highest BCUT2D eigenvalue weighted by atomic mass is 16.6. The van der Waals surface area contributed by atoms with Gasteiger partial charge in [-0.05, 0) is 51.7 Å². The first-order chi connectivity index (χ1) is 12.7. The number of pyridine rings is 1. The standard InChI is InChI=1S/C19H28N4O4/c1-19(2,3)27-18(26)23(17(20)21-4)16(25)14-9-12-7-5-6-8-13(11-24)15(12)22-10-14/h9-10,13,24H,5-8,11H2,1-4H3,(H2,20,21). The number of hydrogen-bond donors (Lipinski definition) is 2. The van der Waals surface area contributed by atoms with Gasteiger partial charge in [0.2, 0.25) is 5.96 Å². The molecule has 8 nitrogen and oxygen atoms in total. The van der Waals surface area contributed by atoms with Gasteiger partial charge in [0.15, 0.2) is 0 Å². The zero-order valence-electron chi connectivity index (χ0n) is 16.4. The smallest absolute Gasteiger partial charge is 0.424 e. The summed E-state index contributed by atoms with van der Waals surface area (Å²) in [7, 11) is 1.39. The highest BCUT2D eigenvalue weighted by molar-refractivity contribution is 6.15. The van der Waals surface area contributed by atoms with Crippen molar-refractivity contribution >= 4 is 18.0 Å². The van der Waals surface area contributed by atoms with Crippen LogP contribution >= 0.6 is 0 Å². The van der Waals surface area contributed by atoms with Crippen LogP contribution in [0.25, 0.3) is 0 Å². The number of nitrogens with zero attached hydrogens (tertiary/aromatic N) is 3. The molecule has 3 N–H and O–H groups in total. The molecule has 1 unspecified atom stereocenters. The van der Waals surface area contributed by atoms with Gasteiger partial charge in [-0.1, -0.05) is 6.42 Å². The predicted molar refractivity (Wildman–Crippen MR) is 102 cm³/mol. The van der Waals surface area contributed by atoms with Crippen LogP contribution in [0.15, 0.2) is 17.3 Å². The lowest BCUT2D eigenvalue weighted by molar-refractivity contribution is 0.0348. The SMILES string of the molecule is CN=C(N)N(C(=O)OC(C)(C)C)C(=O)c1cnc2c(c1)CCCCC2CO. The lowest BCUT2D eigenvalue weighted by Crippen LogP contribution is -2.48. The molecule has 0 saturated carbocycles. The summed E-state index contributed by atoms with van der Waals surface area (Å²) in [6.07, 6.45) is 4.10. The zero-order valence-corrected chi connectivity index (χ0v) is 16.4. The van der Waals surface area contributed by atoms with Crippen LogP contribution in [-0.4, -0.2) is 52.2 Å². The fraction of sp³-hybridized carbons (Fsp3) is 0.579. The predicted octanol–water partition coefficient (Wildman–Crippen LogP) is 2.21. The summed E-state index contributed by atoms with van der Waals surface area (Å²) in [5.41, 5.74) is 6.94. The molecule has 0 fully saturated rings. The summed E-state index contributed by atoms with van der Waals surface area (Å²) in [4.78, 5) is 34.3. The van der Waals surface area contributed by atoms with E-state index < -0.39 is 17.6 Å². The molecule has 1 aliphatic rings. The average molecular weight is 376 g/mol. The van der Waals surface area contributed by atoms with Gasteiger partial charge in [0, 0.05) is 24.9 Å². The number of aliphatic hydroxyl groups excluding tert-OH is 1. The fourth-order valence-corrected chi connectivity index (χ4v) is 3.04. The van der Waals surface area contributed by atoms with Crippen molar-refractivity contribution in [3.63, 3.8) is 0 Å². The van der Waals surface area contributed by atoms with Crippen molar-refractivity contribution in [3.8, 4) is 0 Å². The van der Waals surface area contributed by atoms with Gasteiger partial charge in [-0.3, -0.25) is 14.8 Å². The summed E-state index contributed by atoms with van der Waals surface area (Å²) in [6.45, 7) is 5.12. The van der Waals surface area contributed by atoms with Crippen molar-refractivity contribution in [2.75, 3.05) is 13.7 Å². The number of hydrogen-bond acceptors (Lipinski definition) is 6.